The average molecular weight is 304 g/mol. The van der Waals surface area contributed by atoms with Gasteiger partial charge in [0.15, 0.2) is 0 Å². The number of hydroxylamine groups is 6. The van der Waals surface area contributed by atoms with Crippen molar-refractivity contribution in [2.45, 2.75) is 78.8 Å². The van der Waals surface area contributed by atoms with E-state index in [0.717, 1.165) is 22.3 Å². The normalized spacial score (nSPS) is 31.3. The van der Waals surface area contributed by atoms with Crippen LogP contribution in [0.4, 0.5) is 0 Å². The average Bonchev–Trinajstić information content (AvgIpc) is 2.85. The van der Waals surface area contributed by atoms with Crippen LogP contribution in [0.25, 0.3) is 0 Å². The standard InChI is InChI=1S/C18H28N2O2/c1-17(2,3)19(21)9-13-7-8-14-10-20(22,18(4,5)6)12-16(14)15(13)11-19/h7-8H,9-12H2,1-6H3. The third-order valence-electron chi connectivity index (χ3n) is 5.75. The zero-order chi connectivity index (χ0) is 16.6. The van der Waals surface area contributed by atoms with Crippen LogP contribution in [0, 0.1) is 10.4 Å². The monoisotopic (exact) mass is 304 g/mol. The van der Waals surface area contributed by atoms with Crippen LogP contribution in [-0.4, -0.2) is 20.4 Å². The van der Waals surface area contributed by atoms with Gasteiger partial charge in [0.1, 0.15) is 26.2 Å². The second-order valence-electron chi connectivity index (χ2n) is 9.09. The Kier molecular flexibility index (Phi) is 3.13. The third-order valence-corrected chi connectivity index (χ3v) is 5.75. The first-order chi connectivity index (χ1) is 9.86. The first kappa shape index (κ1) is 15.9. The summed E-state index contributed by atoms with van der Waals surface area (Å²) < 4.78 is -0.430. The van der Waals surface area contributed by atoms with Crippen molar-refractivity contribution >= 4 is 0 Å². The minimum atomic E-state index is -0.335. The molecule has 0 saturated heterocycles. The molecule has 0 saturated carbocycles. The van der Waals surface area contributed by atoms with Crippen molar-refractivity contribution in [1.82, 2.24) is 0 Å². The van der Waals surface area contributed by atoms with Gasteiger partial charge in [-0.2, -0.15) is 0 Å². The minimum absolute atomic E-state index is 0.215. The minimum Gasteiger partial charge on any atom is -0.632 e. The van der Waals surface area contributed by atoms with Gasteiger partial charge in [-0.1, -0.05) is 12.1 Å². The molecule has 4 nitrogen and oxygen atoms in total. The van der Waals surface area contributed by atoms with Gasteiger partial charge >= 0.3 is 0 Å². The van der Waals surface area contributed by atoms with Crippen LogP contribution in [0.3, 0.4) is 0 Å². The molecule has 0 radical (unpaired) electrons. The van der Waals surface area contributed by atoms with E-state index in [4.69, 9.17) is 0 Å². The van der Waals surface area contributed by atoms with Crippen LogP contribution < -0.4 is 0 Å². The van der Waals surface area contributed by atoms with Gasteiger partial charge in [0.05, 0.1) is 11.1 Å². The van der Waals surface area contributed by atoms with Crippen LogP contribution in [0.15, 0.2) is 12.1 Å². The maximum Gasteiger partial charge on any atom is 0.106 e. The van der Waals surface area contributed by atoms with Crippen molar-refractivity contribution in [3.05, 3.63) is 44.8 Å². The molecule has 1 aromatic rings. The maximum atomic E-state index is 13.2. The van der Waals surface area contributed by atoms with Crippen LogP contribution in [0.5, 0.6) is 0 Å². The van der Waals surface area contributed by atoms with Gasteiger partial charge in [-0.3, -0.25) is 0 Å². The highest BCUT2D eigenvalue weighted by atomic mass is 16.6. The van der Waals surface area contributed by atoms with Gasteiger partial charge in [-0.15, -0.1) is 0 Å². The Bertz CT molecular complexity index is 572. The molecule has 0 bridgehead atoms. The number of benzene rings is 1. The van der Waals surface area contributed by atoms with E-state index < -0.39 is 0 Å². The van der Waals surface area contributed by atoms with Crippen molar-refractivity contribution in [1.29, 1.82) is 0 Å². The molecule has 0 aromatic heterocycles. The molecule has 1 aromatic carbocycles. The van der Waals surface area contributed by atoms with Crippen molar-refractivity contribution < 1.29 is 9.29 Å². The van der Waals surface area contributed by atoms with Gasteiger partial charge in [0.25, 0.3) is 0 Å². The highest BCUT2D eigenvalue weighted by Crippen LogP contribution is 2.44. The number of hydrogen-bond donors (Lipinski definition) is 0. The summed E-state index contributed by atoms with van der Waals surface area (Å²) in [5.74, 6) is 0. The summed E-state index contributed by atoms with van der Waals surface area (Å²) in [6, 6.07) is 4.16. The Morgan fingerprint density at radius 3 is 1.27 bits per heavy atom. The van der Waals surface area contributed by atoms with E-state index in [1.165, 1.54) is 0 Å². The van der Waals surface area contributed by atoms with E-state index in [1.807, 2.05) is 41.5 Å². The molecular formula is C18H28N2O2. The fraction of sp³-hybridized carbons (Fsp3) is 0.667. The summed E-state index contributed by atoms with van der Waals surface area (Å²) in [7, 11) is 0. The predicted octanol–water partition coefficient (Wildman–Crippen LogP) is 3.94. The van der Waals surface area contributed by atoms with Crippen molar-refractivity contribution in [3.8, 4) is 0 Å². The first-order valence-electron chi connectivity index (χ1n) is 8.15. The molecule has 0 amide bonds. The zero-order valence-corrected chi connectivity index (χ0v) is 14.7. The Labute approximate surface area is 133 Å². The van der Waals surface area contributed by atoms with E-state index >= 15 is 0 Å². The Morgan fingerprint density at radius 1 is 0.682 bits per heavy atom. The highest BCUT2D eigenvalue weighted by Gasteiger charge is 2.45. The topological polar surface area (TPSA) is 46.1 Å². The summed E-state index contributed by atoms with van der Waals surface area (Å²) >= 11 is 0. The van der Waals surface area contributed by atoms with E-state index in [0.29, 0.717) is 26.2 Å². The highest BCUT2D eigenvalue weighted by molar-refractivity contribution is 5.43. The quantitative estimate of drug-likeness (QED) is 0.538. The smallest absolute Gasteiger partial charge is 0.106 e. The summed E-state index contributed by atoms with van der Waals surface area (Å²) in [5, 5.41) is 26.4. The molecule has 2 atom stereocenters. The Morgan fingerprint density at radius 2 is 1.00 bits per heavy atom. The molecule has 3 rings (SSSR count). The fourth-order valence-corrected chi connectivity index (χ4v) is 3.60. The molecule has 0 fully saturated rings. The molecule has 2 heterocycles. The summed E-state index contributed by atoms with van der Waals surface area (Å²) in [5.41, 5.74) is 3.93. The van der Waals surface area contributed by atoms with Crippen LogP contribution in [-0.2, 0) is 26.2 Å². The molecule has 0 N–H and O–H groups in total. The SMILES string of the molecule is CC(C)(C)[N+]1([O-])Cc2ccc3c(c2C1)C[N+]([O-])(C(C)(C)C)C3. The van der Waals surface area contributed by atoms with Crippen molar-refractivity contribution in [2.75, 3.05) is 0 Å². The lowest BCUT2D eigenvalue weighted by Gasteiger charge is -2.50. The van der Waals surface area contributed by atoms with Gasteiger partial charge < -0.3 is 19.7 Å². The van der Waals surface area contributed by atoms with E-state index in [9.17, 15) is 10.4 Å². The molecule has 122 valence electrons. The van der Waals surface area contributed by atoms with Crippen LogP contribution >= 0.6 is 0 Å². The third kappa shape index (κ3) is 2.13. The van der Waals surface area contributed by atoms with E-state index in [-0.39, 0.29) is 20.4 Å². The van der Waals surface area contributed by atoms with Crippen molar-refractivity contribution in [3.63, 3.8) is 0 Å². The molecule has 0 spiro atoms. The fourth-order valence-electron chi connectivity index (χ4n) is 3.60. The molecule has 2 unspecified atom stereocenters. The molecule has 4 heteroatoms. The van der Waals surface area contributed by atoms with Crippen molar-refractivity contribution in [2.24, 2.45) is 0 Å². The summed E-state index contributed by atoms with van der Waals surface area (Å²) in [6.45, 7) is 14.1. The molecule has 0 aliphatic carbocycles. The van der Waals surface area contributed by atoms with Gasteiger partial charge in [0.2, 0.25) is 0 Å². The Hall–Kier alpha value is -0.940. The first-order valence-corrected chi connectivity index (χ1v) is 8.15. The zero-order valence-electron chi connectivity index (χ0n) is 14.7. The van der Waals surface area contributed by atoms with Gasteiger partial charge in [0, 0.05) is 22.3 Å². The lowest BCUT2D eigenvalue weighted by molar-refractivity contribution is -0.947. The molecular weight excluding hydrogens is 276 g/mol. The molecule has 22 heavy (non-hydrogen) atoms. The second-order valence-corrected chi connectivity index (χ2v) is 9.09. The lowest BCUT2D eigenvalue weighted by Crippen LogP contribution is -2.52. The number of quaternary nitrogens is 2. The number of nitrogens with zero attached hydrogens (tertiary/aromatic N) is 2. The molecule has 2 aliphatic heterocycles. The number of hydrogen-bond acceptors (Lipinski definition) is 2. The lowest BCUT2D eigenvalue weighted by atomic mass is 10.00. The number of fused-ring (bicyclic) bond motifs is 3. The van der Waals surface area contributed by atoms with E-state index in [2.05, 4.69) is 12.1 Å². The van der Waals surface area contributed by atoms with Crippen LogP contribution in [0.1, 0.15) is 63.8 Å². The van der Waals surface area contributed by atoms with Crippen LogP contribution in [0.2, 0.25) is 0 Å². The van der Waals surface area contributed by atoms with Gasteiger partial charge in [-0.25, -0.2) is 0 Å². The Balaban J connectivity index is 2.01. The largest absolute Gasteiger partial charge is 0.632 e. The predicted molar refractivity (Wildman–Crippen MR) is 88.0 cm³/mol. The molecule has 2 aliphatic rings. The summed E-state index contributed by atoms with van der Waals surface area (Å²) in [4.78, 5) is 0. The van der Waals surface area contributed by atoms with Gasteiger partial charge in [-0.05, 0) is 41.5 Å². The second kappa shape index (κ2) is 4.32. The number of rotatable bonds is 0. The summed E-state index contributed by atoms with van der Waals surface area (Å²) in [6.07, 6.45) is 0. The maximum absolute atomic E-state index is 13.2. The van der Waals surface area contributed by atoms with E-state index in [1.54, 1.807) is 0 Å².